The molecule has 0 bridgehead atoms. The van der Waals surface area contributed by atoms with Crippen LogP contribution in [0.4, 0.5) is 0 Å². The summed E-state index contributed by atoms with van der Waals surface area (Å²) in [5.74, 6) is -0.0331. The van der Waals surface area contributed by atoms with Crippen molar-refractivity contribution in [2.45, 2.75) is 25.4 Å². The van der Waals surface area contributed by atoms with E-state index in [1.807, 2.05) is 0 Å². The molecule has 8 nitrogen and oxygen atoms in total. The zero-order chi connectivity index (χ0) is 14.8. The highest BCUT2D eigenvalue weighted by molar-refractivity contribution is 7.91. The number of carbonyl (C=O) groups excluding carboxylic acids is 1. The minimum absolute atomic E-state index is 0.0193. The third-order valence-electron chi connectivity index (χ3n) is 3.40. The number of likely N-dealkylation sites (N-methyl/N-ethyl adjacent to an activating group) is 1. The smallest absolute Gasteiger partial charge is 0.244 e. The zero-order valence-electron chi connectivity index (χ0n) is 11.3. The van der Waals surface area contributed by atoms with Crippen molar-refractivity contribution in [2.75, 3.05) is 25.2 Å². The molecule has 0 aromatic carbocycles. The van der Waals surface area contributed by atoms with E-state index in [9.17, 15) is 13.2 Å². The molecule has 0 saturated carbocycles. The van der Waals surface area contributed by atoms with Crippen molar-refractivity contribution in [3.05, 3.63) is 11.9 Å². The van der Waals surface area contributed by atoms with Gasteiger partial charge in [0, 0.05) is 32.3 Å². The molecule has 2 heterocycles. The van der Waals surface area contributed by atoms with Crippen molar-refractivity contribution in [1.82, 2.24) is 19.9 Å². The van der Waals surface area contributed by atoms with Gasteiger partial charge >= 0.3 is 0 Å². The lowest BCUT2D eigenvalue weighted by atomic mass is 10.2. The highest BCUT2D eigenvalue weighted by Gasteiger charge is 2.32. The van der Waals surface area contributed by atoms with Crippen LogP contribution in [0.3, 0.4) is 0 Å². The Bertz CT molecular complexity index is 583. The molecular weight excluding hydrogens is 284 g/mol. The van der Waals surface area contributed by atoms with Gasteiger partial charge in [-0.2, -0.15) is 0 Å². The molecule has 1 atom stereocenters. The number of rotatable bonds is 5. The Labute approximate surface area is 117 Å². The van der Waals surface area contributed by atoms with Crippen LogP contribution in [-0.4, -0.2) is 70.5 Å². The summed E-state index contributed by atoms with van der Waals surface area (Å²) in [6.07, 6.45) is 2.48. The molecule has 20 heavy (non-hydrogen) atoms. The Morgan fingerprint density at radius 1 is 1.60 bits per heavy atom. The third kappa shape index (κ3) is 3.54. The molecule has 1 aromatic heterocycles. The van der Waals surface area contributed by atoms with Crippen molar-refractivity contribution < 1.29 is 18.3 Å². The number of carbonyl (C=O) groups is 1. The average molecular weight is 302 g/mol. The molecule has 1 amide bonds. The Hall–Kier alpha value is -1.48. The fraction of sp³-hybridized carbons (Fsp3) is 0.727. The second-order valence-electron chi connectivity index (χ2n) is 4.94. The van der Waals surface area contributed by atoms with Crippen LogP contribution in [0.1, 0.15) is 12.1 Å². The van der Waals surface area contributed by atoms with E-state index < -0.39 is 9.84 Å². The lowest BCUT2D eigenvalue weighted by Crippen LogP contribution is -2.39. The largest absolute Gasteiger partial charge is 0.396 e. The minimum Gasteiger partial charge on any atom is -0.396 e. The normalized spacial score (nSPS) is 21.0. The Morgan fingerprint density at radius 2 is 2.35 bits per heavy atom. The summed E-state index contributed by atoms with van der Waals surface area (Å²) in [5, 5.41) is 16.4. The number of sulfone groups is 1. The van der Waals surface area contributed by atoms with E-state index >= 15 is 0 Å². The zero-order valence-corrected chi connectivity index (χ0v) is 12.1. The second-order valence-corrected chi connectivity index (χ2v) is 7.17. The number of hydrogen-bond acceptors (Lipinski definition) is 6. The van der Waals surface area contributed by atoms with Crippen LogP contribution >= 0.6 is 0 Å². The molecule has 1 saturated heterocycles. The third-order valence-corrected chi connectivity index (χ3v) is 5.15. The number of hydrogen-bond donors (Lipinski definition) is 1. The van der Waals surface area contributed by atoms with Crippen molar-refractivity contribution >= 4 is 15.7 Å². The lowest BCUT2D eigenvalue weighted by molar-refractivity contribution is -0.132. The van der Waals surface area contributed by atoms with E-state index in [-0.39, 0.29) is 36.6 Å². The van der Waals surface area contributed by atoms with Crippen molar-refractivity contribution in [3.63, 3.8) is 0 Å². The van der Waals surface area contributed by atoms with Gasteiger partial charge in [0.2, 0.25) is 5.91 Å². The quantitative estimate of drug-likeness (QED) is 0.706. The molecule has 1 aliphatic rings. The topological polar surface area (TPSA) is 105 Å². The van der Waals surface area contributed by atoms with Crippen LogP contribution < -0.4 is 0 Å². The van der Waals surface area contributed by atoms with Crippen LogP contribution in [0.15, 0.2) is 6.20 Å². The van der Waals surface area contributed by atoms with Crippen LogP contribution in [0.2, 0.25) is 0 Å². The Kier molecular flexibility index (Phi) is 4.39. The van der Waals surface area contributed by atoms with Crippen LogP contribution in [0, 0.1) is 0 Å². The maximum atomic E-state index is 12.1. The van der Waals surface area contributed by atoms with Crippen molar-refractivity contribution in [2.24, 2.45) is 0 Å². The summed E-state index contributed by atoms with van der Waals surface area (Å²) in [4.78, 5) is 13.5. The SMILES string of the molecule is CN(C(=O)Cn1cc(CCO)nn1)C1CCS(=O)(=O)C1. The molecule has 1 fully saturated rings. The van der Waals surface area contributed by atoms with Gasteiger partial charge in [-0.15, -0.1) is 5.10 Å². The predicted octanol–water partition coefficient (Wildman–Crippen LogP) is -1.54. The van der Waals surface area contributed by atoms with Gasteiger partial charge in [0.15, 0.2) is 9.84 Å². The van der Waals surface area contributed by atoms with E-state index in [0.717, 1.165) is 0 Å². The van der Waals surface area contributed by atoms with Gasteiger partial charge in [-0.25, -0.2) is 13.1 Å². The maximum absolute atomic E-state index is 12.1. The van der Waals surface area contributed by atoms with Crippen molar-refractivity contribution in [3.8, 4) is 0 Å². The monoisotopic (exact) mass is 302 g/mol. The number of aliphatic hydroxyl groups excluding tert-OH is 1. The summed E-state index contributed by atoms with van der Waals surface area (Å²) in [6.45, 7) is -0.00203. The molecule has 0 aliphatic carbocycles. The van der Waals surface area contributed by atoms with E-state index in [2.05, 4.69) is 10.3 Å². The van der Waals surface area contributed by atoms with Gasteiger partial charge in [0.25, 0.3) is 0 Å². The van der Waals surface area contributed by atoms with E-state index in [1.165, 1.54) is 9.58 Å². The maximum Gasteiger partial charge on any atom is 0.244 e. The number of amides is 1. The number of nitrogens with zero attached hydrogens (tertiary/aromatic N) is 4. The minimum atomic E-state index is -3.01. The number of aliphatic hydroxyl groups is 1. The fourth-order valence-corrected chi connectivity index (χ4v) is 3.95. The summed E-state index contributed by atoms with van der Waals surface area (Å²) in [7, 11) is -1.40. The Morgan fingerprint density at radius 3 is 2.95 bits per heavy atom. The molecule has 0 radical (unpaired) electrons. The Balaban J connectivity index is 1.93. The van der Waals surface area contributed by atoms with Gasteiger partial charge in [-0.05, 0) is 6.42 Å². The van der Waals surface area contributed by atoms with Crippen LogP contribution in [0.5, 0.6) is 0 Å². The average Bonchev–Trinajstić information content (AvgIpc) is 2.95. The van der Waals surface area contributed by atoms with E-state index in [4.69, 9.17) is 5.11 Å². The first kappa shape index (κ1) is 14.9. The van der Waals surface area contributed by atoms with Crippen molar-refractivity contribution in [1.29, 1.82) is 0 Å². The first-order valence-electron chi connectivity index (χ1n) is 6.37. The van der Waals surface area contributed by atoms with Gasteiger partial charge < -0.3 is 10.0 Å². The molecule has 1 unspecified atom stereocenters. The van der Waals surface area contributed by atoms with Gasteiger partial charge in [-0.3, -0.25) is 4.79 Å². The van der Waals surface area contributed by atoms with Crippen LogP contribution in [0.25, 0.3) is 0 Å². The highest BCUT2D eigenvalue weighted by Crippen LogP contribution is 2.16. The summed E-state index contributed by atoms with van der Waals surface area (Å²) in [5.41, 5.74) is 0.617. The molecule has 1 aliphatic heterocycles. The molecule has 9 heteroatoms. The van der Waals surface area contributed by atoms with E-state index in [1.54, 1.807) is 13.2 Å². The highest BCUT2D eigenvalue weighted by atomic mass is 32.2. The standard InChI is InChI=1S/C11H18N4O4S/c1-14(10-3-5-20(18,19)8-10)11(17)7-15-6-9(2-4-16)12-13-15/h6,10,16H,2-5,7-8H2,1H3. The summed E-state index contributed by atoms with van der Waals surface area (Å²) in [6, 6.07) is -0.257. The first-order chi connectivity index (χ1) is 9.41. The molecule has 1 N–H and O–H groups in total. The van der Waals surface area contributed by atoms with E-state index in [0.29, 0.717) is 18.5 Å². The fourth-order valence-electron chi connectivity index (χ4n) is 2.18. The lowest BCUT2D eigenvalue weighted by Gasteiger charge is -2.23. The van der Waals surface area contributed by atoms with Crippen LogP contribution in [-0.2, 0) is 27.6 Å². The van der Waals surface area contributed by atoms with Gasteiger partial charge in [0.1, 0.15) is 6.54 Å². The molecular formula is C11H18N4O4S. The van der Waals surface area contributed by atoms with Gasteiger partial charge in [-0.1, -0.05) is 5.21 Å². The summed E-state index contributed by atoms with van der Waals surface area (Å²) >= 11 is 0. The summed E-state index contributed by atoms with van der Waals surface area (Å²) < 4.78 is 24.2. The molecule has 2 rings (SSSR count). The number of aromatic nitrogens is 3. The predicted molar refractivity (Wildman–Crippen MR) is 70.6 cm³/mol. The van der Waals surface area contributed by atoms with Gasteiger partial charge in [0.05, 0.1) is 17.2 Å². The molecule has 112 valence electrons. The molecule has 0 spiro atoms. The first-order valence-corrected chi connectivity index (χ1v) is 8.19. The molecule has 1 aromatic rings. The second kappa shape index (κ2) is 5.88.